The zero-order valence-corrected chi connectivity index (χ0v) is 22.5. The van der Waals surface area contributed by atoms with Crippen molar-refractivity contribution in [1.29, 1.82) is 0 Å². The summed E-state index contributed by atoms with van der Waals surface area (Å²) in [7, 11) is 0. The molecule has 1 heterocycles. The molecule has 4 aromatic rings. The lowest BCUT2D eigenvalue weighted by atomic mass is 9.84. The Labute approximate surface area is 233 Å². The Morgan fingerprint density at radius 1 is 0.925 bits per heavy atom. The van der Waals surface area contributed by atoms with Crippen molar-refractivity contribution < 1.29 is 23.8 Å². The van der Waals surface area contributed by atoms with Gasteiger partial charge in [0.05, 0.1) is 6.04 Å². The van der Waals surface area contributed by atoms with Crippen LogP contribution in [0, 0.1) is 5.82 Å². The zero-order valence-electron chi connectivity index (χ0n) is 22.5. The van der Waals surface area contributed by atoms with Crippen LogP contribution in [-0.4, -0.2) is 28.5 Å². The van der Waals surface area contributed by atoms with Gasteiger partial charge in [0.15, 0.2) is 5.78 Å². The monoisotopic (exact) mass is 535 g/mol. The normalized spacial score (nSPS) is 17.6. The highest BCUT2D eigenvalue weighted by atomic mass is 19.1. The summed E-state index contributed by atoms with van der Waals surface area (Å²) in [6, 6.07) is 25.3. The molecule has 0 spiro atoms. The molecule has 1 amide bonds. The first-order valence-corrected chi connectivity index (χ1v) is 13.1. The van der Waals surface area contributed by atoms with Crippen molar-refractivity contribution in [3.63, 3.8) is 0 Å². The van der Waals surface area contributed by atoms with Gasteiger partial charge in [-0.2, -0.15) is 0 Å². The van der Waals surface area contributed by atoms with Gasteiger partial charge >= 0.3 is 0 Å². The van der Waals surface area contributed by atoms with Crippen LogP contribution in [-0.2, 0) is 0 Å². The molecular weight excluding hydrogens is 505 g/mol. The fraction of sp³-hybridized carbons (Fsp3) is 0.176. The van der Waals surface area contributed by atoms with Gasteiger partial charge in [0.1, 0.15) is 23.3 Å². The maximum absolute atomic E-state index is 13.7. The Kier molecular flexibility index (Phi) is 7.37. The standard InChI is InChI=1S/C34H30FNO4/c1-21(37)25-19-24(14-13-22-9-5-4-6-10-22)31-29(20-25)30(32(38)34(2,3)40-31)36-33(39)28-12-8-7-11-27(28)23-15-17-26(35)18-16-23/h4-20,30,32,38H,1-3H3,(H,36,39). The summed E-state index contributed by atoms with van der Waals surface area (Å²) in [6.07, 6.45) is 2.68. The molecular formula is C34H30FNO4. The number of Topliss-reactive ketones (excluding diaryl/α,β-unsaturated/α-hetero) is 1. The molecule has 0 saturated heterocycles. The number of aliphatic hydroxyl groups excluding tert-OH is 1. The number of benzene rings is 4. The van der Waals surface area contributed by atoms with Crippen LogP contribution in [0.2, 0.25) is 0 Å². The molecule has 40 heavy (non-hydrogen) atoms. The minimum absolute atomic E-state index is 0.150. The number of halogens is 1. The van der Waals surface area contributed by atoms with E-state index in [0.29, 0.717) is 39.1 Å². The van der Waals surface area contributed by atoms with Gasteiger partial charge in [-0.05, 0) is 67.8 Å². The van der Waals surface area contributed by atoms with Crippen molar-refractivity contribution in [3.05, 3.63) is 125 Å². The molecule has 5 rings (SSSR count). The summed E-state index contributed by atoms with van der Waals surface area (Å²) in [5, 5.41) is 14.4. The van der Waals surface area contributed by atoms with E-state index in [1.165, 1.54) is 19.1 Å². The number of fused-ring (bicyclic) bond motifs is 1. The quantitative estimate of drug-likeness (QED) is 0.209. The average Bonchev–Trinajstić information content (AvgIpc) is 2.95. The van der Waals surface area contributed by atoms with Crippen LogP contribution >= 0.6 is 0 Å². The molecule has 0 bridgehead atoms. The number of ether oxygens (including phenoxy) is 1. The van der Waals surface area contributed by atoms with Gasteiger partial charge < -0.3 is 15.2 Å². The fourth-order valence-electron chi connectivity index (χ4n) is 4.93. The highest BCUT2D eigenvalue weighted by Crippen LogP contribution is 2.43. The lowest BCUT2D eigenvalue weighted by molar-refractivity contribution is -0.0629. The number of nitrogens with one attached hydrogen (secondary N) is 1. The summed E-state index contributed by atoms with van der Waals surface area (Å²) in [5.41, 5.74) is 3.23. The van der Waals surface area contributed by atoms with Gasteiger partial charge in [-0.1, -0.05) is 72.8 Å². The number of hydrogen-bond donors (Lipinski definition) is 2. The Hall–Kier alpha value is -4.55. The molecule has 0 aromatic heterocycles. The van der Waals surface area contributed by atoms with Crippen molar-refractivity contribution in [2.24, 2.45) is 0 Å². The molecule has 1 aliphatic heterocycles. The van der Waals surface area contributed by atoms with Crippen LogP contribution in [0.4, 0.5) is 4.39 Å². The molecule has 0 aliphatic carbocycles. The van der Waals surface area contributed by atoms with E-state index in [-0.39, 0.29) is 11.6 Å². The summed E-state index contributed by atoms with van der Waals surface area (Å²) in [5.74, 6) is -0.441. The number of rotatable bonds is 6. The lowest BCUT2D eigenvalue weighted by Gasteiger charge is -2.43. The molecule has 5 nitrogen and oxygen atoms in total. The Morgan fingerprint density at radius 2 is 1.60 bits per heavy atom. The van der Waals surface area contributed by atoms with E-state index in [1.807, 2.05) is 48.6 Å². The van der Waals surface area contributed by atoms with E-state index in [4.69, 9.17) is 4.74 Å². The molecule has 4 aromatic carbocycles. The van der Waals surface area contributed by atoms with Gasteiger partial charge in [-0.25, -0.2) is 4.39 Å². The second-order valence-electron chi connectivity index (χ2n) is 10.4. The van der Waals surface area contributed by atoms with Crippen LogP contribution in [0.15, 0.2) is 91.0 Å². The topological polar surface area (TPSA) is 75.6 Å². The first-order valence-electron chi connectivity index (χ1n) is 13.1. The number of carbonyl (C=O) groups is 2. The first kappa shape index (κ1) is 27.0. The second kappa shape index (κ2) is 10.9. The molecule has 6 heteroatoms. The third kappa shape index (κ3) is 5.44. The summed E-state index contributed by atoms with van der Waals surface area (Å²) in [6.45, 7) is 4.99. The number of carbonyl (C=O) groups excluding carboxylic acids is 2. The van der Waals surface area contributed by atoms with Crippen LogP contribution in [0.1, 0.15) is 64.2 Å². The van der Waals surface area contributed by atoms with Gasteiger partial charge in [-0.15, -0.1) is 0 Å². The second-order valence-corrected chi connectivity index (χ2v) is 10.4. The van der Waals surface area contributed by atoms with Gasteiger partial charge in [0.2, 0.25) is 0 Å². The third-order valence-electron chi connectivity index (χ3n) is 7.15. The van der Waals surface area contributed by atoms with Crippen molar-refractivity contribution >= 4 is 23.8 Å². The minimum Gasteiger partial charge on any atom is -0.484 e. The maximum Gasteiger partial charge on any atom is 0.252 e. The van der Waals surface area contributed by atoms with Gasteiger partial charge in [0.25, 0.3) is 5.91 Å². The van der Waals surface area contributed by atoms with Crippen LogP contribution in [0.25, 0.3) is 23.3 Å². The number of aliphatic hydroxyl groups is 1. The van der Waals surface area contributed by atoms with E-state index in [9.17, 15) is 19.1 Å². The number of amides is 1. The van der Waals surface area contributed by atoms with Crippen molar-refractivity contribution in [1.82, 2.24) is 5.32 Å². The molecule has 0 fully saturated rings. The minimum atomic E-state index is -1.12. The van der Waals surface area contributed by atoms with Gasteiger partial charge in [-0.3, -0.25) is 9.59 Å². The Balaban J connectivity index is 1.58. The van der Waals surface area contributed by atoms with E-state index in [1.54, 1.807) is 56.3 Å². The molecule has 0 radical (unpaired) electrons. The largest absolute Gasteiger partial charge is 0.484 e. The first-order chi connectivity index (χ1) is 19.1. The predicted octanol–water partition coefficient (Wildman–Crippen LogP) is 6.87. The Bertz CT molecular complexity index is 1590. The van der Waals surface area contributed by atoms with E-state index >= 15 is 0 Å². The molecule has 1 aliphatic rings. The fourth-order valence-corrected chi connectivity index (χ4v) is 4.93. The average molecular weight is 536 g/mol. The highest BCUT2D eigenvalue weighted by Gasteiger charge is 2.44. The third-order valence-corrected chi connectivity index (χ3v) is 7.15. The van der Waals surface area contributed by atoms with E-state index in [2.05, 4.69) is 5.32 Å². The van der Waals surface area contributed by atoms with Crippen molar-refractivity contribution in [2.75, 3.05) is 0 Å². The summed E-state index contributed by atoms with van der Waals surface area (Å²) in [4.78, 5) is 26.2. The summed E-state index contributed by atoms with van der Waals surface area (Å²) < 4.78 is 19.9. The Morgan fingerprint density at radius 3 is 2.30 bits per heavy atom. The predicted molar refractivity (Wildman–Crippen MR) is 155 cm³/mol. The molecule has 0 saturated carbocycles. The van der Waals surface area contributed by atoms with Crippen LogP contribution in [0.3, 0.4) is 0 Å². The van der Waals surface area contributed by atoms with Gasteiger partial charge in [0, 0.05) is 22.3 Å². The molecule has 2 unspecified atom stereocenters. The SMILES string of the molecule is CC(=O)c1cc(C=Cc2ccccc2)c2c(c1)C(NC(=O)c1ccccc1-c1ccc(F)cc1)C(O)C(C)(C)O2. The van der Waals surface area contributed by atoms with Crippen LogP contribution < -0.4 is 10.1 Å². The molecule has 2 atom stereocenters. The van der Waals surface area contributed by atoms with E-state index < -0.39 is 23.7 Å². The smallest absolute Gasteiger partial charge is 0.252 e. The van der Waals surface area contributed by atoms with Crippen molar-refractivity contribution in [2.45, 2.75) is 38.5 Å². The number of ketones is 1. The van der Waals surface area contributed by atoms with Crippen molar-refractivity contribution in [3.8, 4) is 16.9 Å². The summed E-state index contributed by atoms with van der Waals surface area (Å²) >= 11 is 0. The number of hydrogen-bond acceptors (Lipinski definition) is 4. The lowest BCUT2D eigenvalue weighted by Crippen LogP contribution is -2.53. The molecule has 202 valence electrons. The molecule has 2 N–H and O–H groups in total. The maximum atomic E-state index is 13.7. The highest BCUT2D eigenvalue weighted by molar-refractivity contribution is 6.01. The van der Waals surface area contributed by atoms with E-state index in [0.717, 1.165) is 5.56 Å². The van der Waals surface area contributed by atoms with Crippen LogP contribution in [0.5, 0.6) is 5.75 Å². The zero-order chi connectivity index (χ0) is 28.4.